The highest BCUT2D eigenvalue weighted by Gasteiger charge is 2.24. The molecule has 1 aromatic rings. The fourth-order valence-electron chi connectivity index (χ4n) is 2.66. The molecule has 0 amide bonds. The minimum Gasteiger partial charge on any atom is -0.337 e. The van der Waals surface area contributed by atoms with E-state index in [1.165, 1.54) is 32.5 Å². The van der Waals surface area contributed by atoms with Crippen LogP contribution < -0.4 is 5.73 Å². The lowest BCUT2D eigenvalue weighted by Gasteiger charge is -2.36. The number of imidazole rings is 1. The third-order valence-corrected chi connectivity index (χ3v) is 3.85. The molecule has 1 aromatic heterocycles. The summed E-state index contributed by atoms with van der Waals surface area (Å²) < 4.78 is 2.15. The number of hydrogen-bond acceptors (Lipinski definition) is 3. The van der Waals surface area contributed by atoms with E-state index < -0.39 is 0 Å². The number of likely N-dealkylation sites (tertiary alicyclic amines) is 1. The molecule has 1 aliphatic rings. The molecule has 0 aliphatic carbocycles. The predicted octanol–water partition coefficient (Wildman–Crippen LogP) is 1.33. The minimum absolute atomic E-state index is 0.421. The molecule has 0 spiro atoms. The average Bonchev–Trinajstić information content (AvgIpc) is 2.84. The topological polar surface area (TPSA) is 47.1 Å². The molecule has 0 bridgehead atoms. The Morgan fingerprint density at radius 2 is 2.29 bits per heavy atom. The maximum absolute atomic E-state index is 6.12. The number of aromatic nitrogens is 2. The van der Waals surface area contributed by atoms with Gasteiger partial charge in [0.2, 0.25) is 0 Å². The van der Waals surface area contributed by atoms with Crippen LogP contribution >= 0.6 is 0 Å². The van der Waals surface area contributed by atoms with E-state index in [4.69, 9.17) is 5.73 Å². The van der Waals surface area contributed by atoms with Gasteiger partial charge in [-0.3, -0.25) is 0 Å². The standard InChI is InChI=1S/C13H24N4/c1-2-12-10-16(8-4-13(12)14)6-3-7-17-9-5-15-11-17/h5,9,11-13H,2-4,6-8,10,14H2,1H3. The van der Waals surface area contributed by atoms with Crippen LogP contribution in [0.3, 0.4) is 0 Å². The van der Waals surface area contributed by atoms with Gasteiger partial charge in [0.15, 0.2) is 0 Å². The summed E-state index contributed by atoms with van der Waals surface area (Å²) in [4.78, 5) is 6.62. The number of rotatable bonds is 5. The van der Waals surface area contributed by atoms with Crippen LogP contribution in [0, 0.1) is 5.92 Å². The van der Waals surface area contributed by atoms with Crippen LogP contribution in [0.1, 0.15) is 26.2 Å². The summed E-state index contributed by atoms with van der Waals surface area (Å²) >= 11 is 0. The summed E-state index contributed by atoms with van der Waals surface area (Å²) in [7, 11) is 0. The van der Waals surface area contributed by atoms with Crippen LogP contribution in [0.4, 0.5) is 0 Å². The SMILES string of the molecule is CCC1CN(CCCn2ccnc2)CCC1N. The highest BCUT2D eigenvalue weighted by Crippen LogP contribution is 2.18. The van der Waals surface area contributed by atoms with Gasteiger partial charge < -0.3 is 15.2 Å². The summed E-state index contributed by atoms with van der Waals surface area (Å²) in [6, 6.07) is 0.421. The van der Waals surface area contributed by atoms with E-state index in [2.05, 4.69) is 21.4 Å². The Morgan fingerprint density at radius 3 is 3.00 bits per heavy atom. The van der Waals surface area contributed by atoms with Crippen molar-refractivity contribution < 1.29 is 0 Å². The monoisotopic (exact) mass is 236 g/mol. The molecule has 96 valence electrons. The lowest BCUT2D eigenvalue weighted by Crippen LogP contribution is -2.47. The first-order chi connectivity index (χ1) is 8.29. The van der Waals surface area contributed by atoms with E-state index in [-0.39, 0.29) is 0 Å². The minimum atomic E-state index is 0.421. The third kappa shape index (κ3) is 3.54. The van der Waals surface area contributed by atoms with Gasteiger partial charge in [-0.05, 0) is 31.8 Å². The number of hydrogen-bond donors (Lipinski definition) is 1. The third-order valence-electron chi connectivity index (χ3n) is 3.85. The zero-order valence-electron chi connectivity index (χ0n) is 10.8. The molecule has 1 aliphatic heterocycles. The van der Waals surface area contributed by atoms with E-state index in [1.807, 2.05) is 18.7 Å². The van der Waals surface area contributed by atoms with Crippen molar-refractivity contribution in [2.75, 3.05) is 19.6 Å². The second kappa shape index (κ2) is 6.17. The Hall–Kier alpha value is -0.870. The fraction of sp³-hybridized carbons (Fsp3) is 0.769. The van der Waals surface area contributed by atoms with Crippen molar-refractivity contribution in [3.63, 3.8) is 0 Å². The molecule has 4 nitrogen and oxygen atoms in total. The van der Waals surface area contributed by atoms with Crippen LogP contribution in [0.15, 0.2) is 18.7 Å². The molecule has 4 heteroatoms. The summed E-state index contributed by atoms with van der Waals surface area (Å²) in [5.74, 6) is 0.692. The Kier molecular flexibility index (Phi) is 4.57. The van der Waals surface area contributed by atoms with E-state index in [1.54, 1.807) is 0 Å². The normalized spacial score (nSPS) is 26.2. The van der Waals surface area contributed by atoms with E-state index >= 15 is 0 Å². The van der Waals surface area contributed by atoms with Crippen LogP contribution in [0.25, 0.3) is 0 Å². The molecular weight excluding hydrogens is 212 g/mol. The van der Waals surface area contributed by atoms with Crippen molar-refractivity contribution in [3.8, 4) is 0 Å². The number of piperidine rings is 1. The molecule has 1 fully saturated rings. The number of nitrogens with zero attached hydrogens (tertiary/aromatic N) is 3. The molecule has 17 heavy (non-hydrogen) atoms. The first-order valence-electron chi connectivity index (χ1n) is 6.73. The molecule has 2 unspecified atom stereocenters. The molecule has 2 rings (SSSR count). The summed E-state index contributed by atoms with van der Waals surface area (Å²) in [5, 5.41) is 0. The molecule has 0 saturated carbocycles. The first kappa shape index (κ1) is 12.6. The Balaban J connectivity index is 1.69. The Morgan fingerprint density at radius 1 is 1.41 bits per heavy atom. The molecule has 2 atom stereocenters. The Bertz CT molecular complexity index is 309. The van der Waals surface area contributed by atoms with Gasteiger partial charge in [-0.1, -0.05) is 13.3 Å². The largest absolute Gasteiger partial charge is 0.337 e. The maximum Gasteiger partial charge on any atom is 0.0945 e. The first-order valence-corrected chi connectivity index (χ1v) is 6.73. The Labute approximate surface area is 104 Å². The molecule has 0 aromatic carbocycles. The number of nitrogens with two attached hydrogens (primary N) is 1. The maximum atomic E-state index is 6.12. The fourth-order valence-corrected chi connectivity index (χ4v) is 2.66. The highest BCUT2D eigenvalue weighted by molar-refractivity contribution is 4.82. The molecule has 2 N–H and O–H groups in total. The molecule has 1 saturated heterocycles. The van der Waals surface area contributed by atoms with Crippen molar-refractivity contribution in [2.24, 2.45) is 11.7 Å². The van der Waals surface area contributed by atoms with E-state index in [0.717, 1.165) is 13.0 Å². The van der Waals surface area contributed by atoms with Gasteiger partial charge in [0.25, 0.3) is 0 Å². The molecule has 0 radical (unpaired) electrons. The summed E-state index contributed by atoms with van der Waals surface area (Å²) in [6.07, 6.45) is 9.32. The smallest absolute Gasteiger partial charge is 0.0945 e. The van der Waals surface area contributed by atoms with Gasteiger partial charge in [0.1, 0.15) is 0 Å². The lowest BCUT2D eigenvalue weighted by atomic mass is 9.91. The van der Waals surface area contributed by atoms with Crippen molar-refractivity contribution in [1.82, 2.24) is 14.5 Å². The van der Waals surface area contributed by atoms with Gasteiger partial charge in [0, 0.05) is 31.5 Å². The summed E-state index contributed by atoms with van der Waals surface area (Å²) in [6.45, 7) is 6.85. The lowest BCUT2D eigenvalue weighted by molar-refractivity contribution is 0.149. The quantitative estimate of drug-likeness (QED) is 0.839. The van der Waals surface area contributed by atoms with Crippen LogP contribution in [0.5, 0.6) is 0 Å². The number of aryl methyl sites for hydroxylation is 1. The van der Waals surface area contributed by atoms with Gasteiger partial charge >= 0.3 is 0 Å². The van der Waals surface area contributed by atoms with Crippen molar-refractivity contribution in [1.29, 1.82) is 0 Å². The van der Waals surface area contributed by atoms with Gasteiger partial charge in [-0.15, -0.1) is 0 Å². The highest BCUT2D eigenvalue weighted by atomic mass is 15.1. The van der Waals surface area contributed by atoms with Gasteiger partial charge in [-0.2, -0.15) is 0 Å². The predicted molar refractivity (Wildman–Crippen MR) is 69.7 cm³/mol. The molecular formula is C13H24N4. The second-order valence-corrected chi connectivity index (χ2v) is 5.08. The average molecular weight is 236 g/mol. The zero-order chi connectivity index (χ0) is 12.1. The van der Waals surface area contributed by atoms with Crippen molar-refractivity contribution in [2.45, 2.75) is 38.8 Å². The van der Waals surface area contributed by atoms with Gasteiger partial charge in [0.05, 0.1) is 6.33 Å². The van der Waals surface area contributed by atoms with Crippen molar-refractivity contribution in [3.05, 3.63) is 18.7 Å². The zero-order valence-corrected chi connectivity index (χ0v) is 10.8. The second-order valence-electron chi connectivity index (χ2n) is 5.08. The van der Waals surface area contributed by atoms with Crippen LogP contribution in [0.2, 0.25) is 0 Å². The van der Waals surface area contributed by atoms with E-state index in [9.17, 15) is 0 Å². The van der Waals surface area contributed by atoms with Crippen molar-refractivity contribution >= 4 is 0 Å². The summed E-state index contributed by atoms with van der Waals surface area (Å²) in [5.41, 5.74) is 6.12. The molecule has 2 heterocycles. The van der Waals surface area contributed by atoms with Gasteiger partial charge in [-0.25, -0.2) is 4.98 Å². The van der Waals surface area contributed by atoms with E-state index in [0.29, 0.717) is 12.0 Å². The van der Waals surface area contributed by atoms with Crippen LogP contribution in [-0.2, 0) is 6.54 Å². The van der Waals surface area contributed by atoms with Crippen LogP contribution in [-0.4, -0.2) is 40.1 Å².